The van der Waals surface area contributed by atoms with E-state index in [0.717, 1.165) is 12.1 Å². The number of hydrogen-bond donors (Lipinski definition) is 3. The Kier molecular flexibility index (Phi) is 7.03. The van der Waals surface area contributed by atoms with E-state index in [1.807, 2.05) is 6.92 Å². The molecule has 0 atom stereocenters. The maximum atomic E-state index is 12.6. The minimum Gasteiger partial charge on any atom is -0.357 e. The van der Waals surface area contributed by atoms with Crippen molar-refractivity contribution in [2.75, 3.05) is 6.54 Å². The molecule has 0 aromatic heterocycles. The maximum Gasteiger partial charge on any atom is 0.416 e. The number of nitrogens with two attached hydrogens (primary N) is 1. The summed E-state index contributed by atoms with van der Waals surface area (Å²) in [7, 11) is -3.79. The number of benzene rings is 2. The Morgan fingerprint density at radius 1 is 1.07 bits per heavy atom. The lowest BCUT2D eigenvalue weighted by molar-refractivity contribution is -0.137. The van der Waals surface area contributed by atoms with Gasteiger partial charge in [-0.1, -0.05) is 24.3 Å². The second-order valence-corrected chi connectivity index (χ2v) is 7.50. The Morgan fingerprint density at radius 3 is 2.32 bits per heavy atom. The summed E-state index contributed by atoms with van der Waals surface area (Å²) in [6.07, 6.45) is -4.37. The molecule has 0 saturated carbocycles. The topological polar surface area (TPSA) is 96.6 Å². The van der Waals surface area contributed by atoms with E-state index in [1.54, 1.807) is 12.1 Å². The average Bonchev–Trinajstić information content (AvgIpc) is 2.63. The summed E-state index contributed by atoms with van der Waals surface area (Å²) in [5.74, 6) is 0.448. The summed E-state index contributed by atoms with van der Waals surface area (Å²) in [5, 5.41) is 11.2. The summed E-state index contributed by atoms with van der Waals surface area (Å²) >= 11 is 0. The summed E-state index contributed by atoms with van der Waals surface area (Å²) < 4.78 is 60.7. The summed E-state index contributed by atoms with van der Waals surface area (Å²) in [4.78, 5) is 4.36. The Hall–Kier alpha value is -2.59. The van der Waals surface area contributed by atoms with Gasteiger partial charge in [0.25, 0.3) is 0 Å². The zero-order chi connectivity index (χ0) is 20.8. The molecule has 0 aliphatic carbocycles. The van der Waals surface area contributed by atoms with Crippen molar-refractivity contribution >= 4 is 16.0 Å². The van der Waals surface area contributed by atoms with Gasteiger partial charge in [-0.05, 0) is 42.3 Å². The molecule has 0 radical (unpaired) electrons. The Bertz CT molecular complexity index is 927. The highest BCUT2D eigenvalue weighted by molar-refractivity contribution is 7.89. The zero-order valence-corrected chi connectivity index (χ0v) is 15.9. The van der Waals surface area contributed by atoms with Gasteiger partial charge in [-0.15, -0.1) is 0 Å². The van der Waals surface area contributed by atoms with Gasteiger partial charge < -0.3 is 10.6 Å². The van der Waals surface area contributed by atoms with Crippen LogP contribution in [0.5, 0.6) is 0 Å². The predicted molar refractivity (Wildman–Crippen MR) is 101 cm³/mol. The highest BCUT2D eigenvalue weighted by atomic mass is 32.2. The molecule has 0 unspecified atom stereocenters. The standard InChI is InChI=1S/C18H21F3N4O2S/c1-2-23-17(24-11-13-6-8-15(9-7-13)18(19,20)21)25-12-14-4-3-5-16(10-14)28(22,26)27/h3-10H,2,11-12H2,1H3,(H2,22,26,27)(H2,23,24,25). The first-order valence-electron chi connectivity index (χ1n) is 8.39. The van der Waals surface area contributed by atoms with E-state index >= 15 is 0 Å². The molecule has 0 spiro atoms. The van der Waals surface area contributed by atoms with Crippen LogP contribution in [-0.4, -0.2) is 20.9 Å². The van der Waals surface area contributed by atoms with E-state index in [0.29, 0.717) is 23.6 Å². The lowest BCUT2D eigenvalue weighted by atomic mass is 10.1. The van der Waals surface area contributed by atoms with Gasteiger partial charge in [0.1, 0.15) is 0 Å². The highest BCUT2D eigenvalue weighted by Gasteiger charge is 2.29. The summed E-state index contributed by atoms with van der Waals surface area (Å²) in [6, 6.07) is 11.0. The van der Waals surface area contributed by atoms with Gasteiger partial charge in [0.2, 0.25) is 10.0 Å². The molecule has 10 heteroatoms. The molecule has 2 aromatic carbocycles. The SMILES string of the molecule is CCNC(=NCc1cccc(S(N)(=O)=O)c1)NCc1ccc(C(F)(F)F)cc1. The number of halogens is 3. The minimum atomic E-state index is -4.37. The van der Waals surface area contributed by atoms with Crippen molar-refractivity contribution in [1.29, 1.82) is 0 Å². The molecular formula is C18H21F3N4O2S. The fraction of sp³-hybridized carbons (Fsp3) is 0.278. The molecule has 28 heavy (non-hydrogen) atoms. The van der Waals surface area contributed by atoms with Crippen LogP contribution in [0.15, 0.2) is 58.4 Å². The monoisotopic (exact) mass is 414 g/mol. The molecule has 6 nitrogen and oxygen atoms in total. The number of sulfonamides is 1. The van der Waals surface area contributed by atoms with E-state index in [9.17, 15) is 21.6 Å². The first-order chi connectivity index (χ1) is 13.1. The first-order valence-corrected chi connectivity index (χ1v) is 9.94. The van der Waals surface area contributed by atoms with Crippen LogP contribution in [0.1, 0.15) is 23.6 Å². The van der Waals surface area contributed by atoms with Gasteiger partial charge in [-0.3, -0.25) is 0 Å². The largest absolute Gasteiger partial charge is 0.416 e. The van der Waals surface area contributed by atoms with Crippen LogP contribution in [0.4, 0.5) is 13.2 Å². The molecule has 0 aliphatic heterocycles. The van der Waals surface area contributed by atoms with Crippen LogP contribution in [0, 0.1) is 0 Å². The van der Waals surface area contributed by atoms with Crippen LogP contribution in [0.3, 0.4) is 0 Å². The molecule has 0 fully saturated rings. The number of nitrogens with one attached hydrogen (secondary N) is 2. The van der Waals surface area contributed by atoms with E-state index in [1.165, 1.54) is 24.3 Å². The van der Waals surface area contributed by atoms with Crippen LogP contribution >= 0.6 is 0 Å². The third kappa shape index (κ3) is 6.54. The molecule has 2 aromatic rings. The second kappa shape index (κ2) is 9.07. The lowest BCUT2D eigenvalue weighted by Gasteiger charge is -2.12. The smallest absolute Gasteiger partial charge is 0.357 e. The van der Waals surface area contributed by atoms with Crippen molar-refractivity contribution in [3.63, 3.8) is 0 Å². The molecule has 152 valence electrons. The Morgan fingerprint density at radius 2 is 1.75 bits per heavy atom. The fourth-order valence-corrected chi connectivity index (χ4v) is 2.91. The van der Waals surface area contributed by atoms with Crippen LogP contribution in [-0.2, 0) is 29.3 Å². The van der Waals surface area contributed by atoms with Gasteiger partial charge in [-0.25, -0.2) is 18.5 Å². The third-order valence-electron chi connectivity index (χ3n) is 3.73. The Balaban J connectivity index is 2.05. The van der Waals surface area contributed by atoms with Gasteiger partial charge in [0.15, 0.2) is 5.96 Å². The van der Waals surface area contributed by atoms with E-state index in [2.05, 4.69) is 15.6 Å². The maximum absolute atomic E-state index is 12.6. The van der Waals surface area contributed by atoms with E-state index < -0.39 is 21.8 Å². The van der Waals surface area contributed by atoms with Gasteiger partial charge in [0.05, 0.1) is 17.0 Å². The van der Waals surface area contributed by atoms with Crippen molar-refractivity contribution in [3.05, 3.63) is 65.2 Å². The normalized spacial score (nSPS) is 12.7. The molecule has 0 saturated heterocycles. The van der Waals surface area contributed by atoms with Gasteiger partial charge in [-0.2, -0.15) is 13.2 Å². The predicted octanol–water partition coefficient (Wildman–Crippen LogP) is 2.61. The average molecular weight is 414 g/mol. The van der Waals surface area contributed by atoms with Crippen molar-refractivity contribution in [3.8, 4) is 0 Å². The molecule has 0 amide bonds. The number of hydrogen-bond acceptors (Lipinski definition) is 3. The molecule has 0 heterocycles. The first kappa shape index (κ1) is 21.7. The number of aliphatic imine (C=N–C) groups is 1. The van der Waals surface area contributed by atoms with Crippen molar-refractivity contribution in [2.24, 2.45) is 10.1 Å². The summed E-state index contributed by atoms with van der Waals surface area (Å²) in [5.41, 5.74) is 0.611. The quantitative estimate of drug-likeness (QED) is 0.500. The molecule has 4 N–H and O–H groups in total. The lowest BCUT2D eigenvalue weighted by Crippen LogP contribution is -2.36. The van der Waals surface area contributed by atoms with Crippen LogP contribution in [0.2, 0.25) is 0 Å². The van der Waals surface area contributed by atoms with Crippen LogP contribution in [0.25, 0.3) is 0 Å². The Labute approximate surface area is 161 Å². The number of nitrogens with zero attached hydrogens (tertiary/aromatic N) is 1. The van der Waals surface area contributed by atoms with Crippen LogP contribution < -0.4 is 15.8 Å². The van der Waals surface area contributed by atoms with Crippen molar-refractivity contribution in [2.45, 2.75) is 31.1 Å². The molecular weight excluding hydrogens is 393 g/mol. The number of primary sulfonamides is 1. The summed E-state index contributed by atoms with van der Waals surface area (Å²) in [6.45, 7) is 2.93. The molecule has 2 rings (SSSR count). The number of guanidine groups is 1. The van der Waals surface area contributed by atoms with E-state index in [4.69, 9.17) is 5.14 Å². The van der Waals surface area contributed by atoms with E-state index in [-0.39, 0.29) is 18.0 Å². The minimum absolute atomic E-state index is 0.00270. The second-order valence-electron chi connectivity index (χ2n) is 5.94. The zero-order valence-electron chi connectivity index (χ0n) is 15.1. The van der Waals surface area contributed by atoms with Crippen molar-refractivity contribution < 1.29 is 21.6 Å². The third-order valence-corrected chi connectivity index (χ3v) is 4.64. The highest BCUT2D eigenvalue weighted by Crippen LogP contribution is 2.29. The van der Waals surface area contributed by atoms with Gasteiger partial charge >= 0.3 is 6.18 Å². The number of alkyl halides is 3. The fourth-order valence-electron chi connectivity index (χ4n) is 2.33. The van der Waals surface area contributed by atoms with Crippen molar-refractivity contribution in [1.82, 2.24) is 10.6 Å². The van der Waals surface area contributed by atoms with Gasteiger partial charge in [0, 0.05) is 13.1 Å². The number of rotatable bonds is 6. The molecule has 0 aliphatic rings. The molecule has 0 bridgehead atoms.